The molecular weight excluding hydrogens is 442 g/mol. The van der Waals surface area contributed by atoms with Gasteiger partial charge in [-0.2, -0.15) is 19.3 Å². The summed E-state index contributed by atoms with van der Waals surface area (Å²) in [6, 6.07) is 9.48. The predicted octanol–water partition coefficient (Wildman–Crippen LogP) is 2.87. The molecule has 0 aliphatic carbocycles. The van der Waals surface area contributed by atoms with Crippen molar-refractivity contribution in [1.82, 2.24) is 19.3 Å². The summed E-state index contributed by atoms with van der Waals surface area (Å²) in [5, 5.41) is 0.191. The van der Waals surface area contributed by atoms with E-state index in [-0.39, 0.29) is 45.8 Å². The lowest BCUT2D eigenvalue weighted by Gasteiger charge is -2.22. The second kappa shape index (κ2) is 8.46. The number of benzene rings is 2. The minimum atomic E-state index is -4.15. The molecule has 0 saturated heterocycles. The van der Waals surface area contributed by atoms with Gasteiger partial charge in [0.25, 0.3) is 0 Å². The summed E-state index contributed by atoms with van der Waals surface area (Å²) in [5.74, 6) is -0.697. The van der Waals surface area contributed by atoms with Gasteiger partial charge in [0.15, 0.2) is 5.82 Å². The maximum Gasteiger partial charge on any atom is 0.245 e. The smallest absolute Gasteiger partial charge is 0.245 e. The highest BCUT2D eigenvalue weighted by Gasteiger charge is 2.28. The normalized spacial score (nSPS) is 11.7. The standard InChI is InChI=1S/C17H15Cl2FN6O2S/c18-11-3-6-13(19)14(7-11)29(27,28)26(8-10-1-4-12(20)5-2-10)9-15-23-16(21)25-17(22)24-15/h1-7H,8-9H2,(H4,21,22,23,24,25). The van der Waals surface area contributed by atoms with Gasteiger partial charge >= 0.3 is 0 Å². The van der Waals surface area contributed by atoms with E-state index in [2.05, 4.69) is 15.0 Å². The van der Waals surface area contributed by atoms with E-state index >= 15 is 0 Å². The maximum absolute atomic E-state index is 13.3. The molecule has 0 saturated carbocycles. The zero-order chi connectivity index (χ0) is 21.2. The fourth-order valence-electron chi connectivity index (χ4n) is 2.52. The highest BCUT2D eigenvalue weighted by molar-refractivity contribution is 7.89. The molecule has 2 aromatic carbocycles. The van der Waals surface area contributed by atoms with Crippen molar-refractivity contribution in [3.8, 4) is 0 Å². The number of rotatable bonds is 6. The largest absolute Gasteiger partial charge is 0.368 e. The van der Waals surface area contributed by atoms with Crippen LogP contribution in [0.25, 0.3) is 0 Å². The number of anilines is 2. The molecule has 0 bridgehead atoms. The number of nitrogens with two attached hydrogens (primary N) is 2. The van der Waals surface area contributed by atoms with Gasteiger partial charge in [-0.3, -0.25) is 0 Å². The van der Waals surface area contributed by atoms with Crippen molar-refractivity contribution in [2.24, 2.45) is 0 Å². The highest BCUT2D eigenvalue weighted by Crippen LogP contribution is 2.29. The monoisotopic (exact) mass is 456 g/mol. The quantitative estimate of drug-likeness (QED) is 0.583. The summed E-state index contributed by atoms with van der Waals surface area (Å²) in [5.41, 5.74) is 11.7. The Kier molecular flexibility index (Phi) is 6.18. The summed E-state index contributed by atoms with van der Waals surface area (Å²) in [7, 11) is -4.15. The third-order valence-electron chi connectivity index (χ3n) is 3.82. The van der Waals surface area contributed by atoms with Crippen molar-refractivity contribution >= 4 is 45.1 Å². The highest BCUT2D eigenvalue weighted by atomic mass is 35.5. The minimum absolute atomic E-state index is 0.00631. The first-order chi connectivity index (χ1) is 13.6. The van der Waals surface area contributed by atoms with E-state index in [1.165, 1.54) is 42.5 Å². The molecule has 0 amide bonds. The average molecular weight is 457 g/mol. The molecule has 0 unspecified atom stereocenters. The van der Waals surface area contributed by atoms with Crippen molar-refractivity contribution in [2.45, 2.75) is 18.0 Å². The van der Waals surface area contributed by atoms with Crippen molar-refractivity contribution in [1.29, 1.82) is 0 Å². The van der Waals surface area contributed by atoms with Gasteiger partial charge in [-0.05, 0) is 35.9 Å². The molecule has 0 fully saturated rings. The first kappa shape index (κ1) is 21.2. The van der Waals surface area contributed by atoms with Crippen LogP contribution < -0.4 is 11.5 Å². The molecule has 3 aromatic rings. The fourth-order valence-corrected chi connectivity index (χ4v) is 4.64. The van der Waals surface area contributed by atoms with Crippen LogP contribution in [0.3, 0.4) is 0 Å². The van der Waals surface area contributed by atoms with E-state index in [1.54, 1.807) is 0 Å². The second-order valence-corrected chi connectivity index (χ2v) is 8.69. The van der Waals surface area contributed by atoms with Crippen LogP contribution in [0.2, 0.25) is 10.0 Å². The summed E-state index contributed by atoms with van der Waals surface area (Å²) >= 11 is 12.1. The zero-order valence-electron chi connectivity index (χ0n) is 14.8. The van der Waals surface area contributed by atoms with E-state index in [0.29, 0.717) is 5.56 Å². The Bertz CT molecular complexity index is 1120. The predicted molar refractivity (Wildman–Crippen MR) is 108 cm³/mol. The third kappa shape index (κ3) is 5.10. The first-order valence-corrected chi connectivity index (χ1v) is 10.3. The molecule has 0 aliphatic heterocycles. The van der Waals surface area contributed by atoms with Gasteiger partial charge in [-0.15, -0.1) is 0 Å². The zero-order valence-corrected chi connectivity index (χ0v) is 17.1. The molecule has 152 valence electrons. The van der Waals surface area contributed by atoms with Gasteiger partial charge in [0.1, 0.15) is 10.7 Å². The minimum Gasteiger partial charge on any atom is -0.368 e. The molecule has 29 heavy (non-hydrogen) atoms. The lowest BCUT2D eigenvalue weighted by Crippen LogP contribution is -2.31. The van der Waals surface area contributed by atoms with Crippen molar-refractivity contribution in [3.63, 3.8) is 0 Å². The number of hydrogen-bond donors (Lipinski definition) is 2. The number of sulfonamides is 1. The molecular formula is C17H15Cl2FN6O2S. The summed E-state index contributed by atoms with van der Waals surface area (Å²) in [6.07, 6.45) is 0. The van der Waals surface area contributed by atoms with E-state index < -0.39 is 15.8 Å². The molecule has 0 aliphatic rings. The molecule has 0 atom stereocenters. The summed E-state index contributed by atoms with van der Waals surface area (Å²) in [4.78, 5) is 11.3. The van der Waals surface area contributed by atoms with E-state index in [0.717, 1.165) is 4.31 Å². The Morgan fingerprint density at radius 2 is 1.55 bits per heavy atom. The lowest BCUT2D eigenvalue weighted by molar-refractivity contribution is 0.391. The van der Waals surface area contributed by atoms with Gasteiger partial charge in [0, 0.05) is 11.6 Å². The second-order valence-electron chi connectivity index (χ2n) is 5.94. The maximum atomic E-state index is 13.3. The van der Waals surface area contributed by atoms with Crippen molar-refractivity contribution < 1.29 is 12.8 Å². The molecule has 1 aromatic heterocycles. The van der Waals surface area contributed by atoms with Crippen LogP contribution in [0.15, 0.2) is 47.4 Å². The fraction of sp³-hybridized carbons (Fsp3) is 0.118. The number of aromatic nitrogens is 3. The van der Waals surface area contributed by atoms with Crippen LogP contribution in [-0.4, -0.2) is 27.7 Å². The molecule has 0 spiro atoms. The molecule has 12 heteroatoms. The van der Waals surface area contributed by atoms with Crippen LogP contribution >= 0.6 is 23.2 Å². The van der Waals surface area contributed by atoms with Gasteiger partial charge in [0.2, 0.25) is 21.9 Å². The van der Waals surface area contributed by atoms with Crippen LogP contribution in [0.5, 0.6) is 0 Å². The van der Waals surface area contributed by atoms with Gasteiger partial charge in [-0.25, -0.2) is 12.8 Å². The van der Waals surface area contributed by atoms with Gasteiger partial charge < -0.3 is 11.5 Å². The number of hydrogen-bond acceptors (Lipinski definition) is 7. The number of nitrogen functional groups attached to an aromatic ring is 2. The molecule has 8 nitrogen and oxygen atoms in total. The third-order valence-corrected chi connectivity index (χ3v) is 6.33. The molecule has 1 heterocycles. The number of halogens is 3. The Balaban J connectivity index is 2.05. The average Bonchev–Trinajstić information content (AvgIpc) is 2.64. The number of nitrogens with zero attached hydrogens (tertiary/aromatic N) is 4. The first-order valence-electron chi connectivity index (χ1n) is 8.10. The van der Waals surface area contributed by atoms with Crippen LogP contribution in [0.4, 0.5) is 16.3 Å². The molecule has 3 rings (SSSR count). The topological polar surface area (TPSA) is 128 Å². The summed E-state index contributed by atoms with van der Waals surface area (Å²) < 4.78 is 41.0. The van der Waals surface area contributed by atoms with Crippen molar-refractivity contribution in [3.05, 3.63) is 69.7 Å². The lowest BCUT2D eigenvalue weighted by atomic mass is 10.2. The van der Waals surface area contributed by atoms with E-state index in [1.807, 2.05) is 0 Å². The van der Waals surface area contributed by atoms with Gasteiger partial charge in [0.05, 0.1) is 11.6 Å². The van der Waals surface area contributed by atoms with E-state index in [4.69, 9.17) is 34.7 Å². The Labute approximate surface area is 176 Å². The molecule has 4 N–H and O–H groups in total. The SMILES string of the molecule is Nc1nc(N)nc(CN(Cc2ccc(F)cc2)S(=O)(=O)c2cc(Cl)ccc2Cl)n1. The molecule has 0 radical (unpaired) electrons. The summed E-state index contributed by atoms with van der Waals surface area (Å²) in [6.45, 7) is -0.392. The Hall–Kier alpha value is -2.53. The van der Waals surface area contributed by atoms with Crippen LogP contribution in [0.1, 0.15) is 11.4 Å². The van der Waals surface area contributed by atoms with Crippen LogP contribution in [-0.2, 0) is 23.1 Å². The van der Waals surface area contributed by atoms with Gasteiger partial charge in [-0.1, -0.05) is 35.3 Å². The Morgan fingerprint density at radius 1 is 0.931 bits per heavy atom. The van der Waals surface area contributed by atoms with E-state index in [9.17, 15) is 12.8 Å². The van der Waals surface area contributed by atoms with Crippen LogP contribution in [0, 0.1) is 5.82 Å². The van der Waals surface area contributed by atoms with Crippen molar-refractivity contribution in [2.75, 3.05) is 11.5 Å². The Morgan fingerprint density at radius 3 is 2.17 bits per heavy atom.